The van der Waals surface area contributed by atoms with Gasteiger partial charge in [0, 0.05) is 32.4 Å². The number of hydrogen-bond acceptors (Lipinski definition) is 7. The molecule has 0 bridgehead atoms. The van der Waals surface area contributed by atoms with Gasteiger partial charge in [0.05, 0.1) is 23.2 Å². The molecule has 220 valence electrons. The number of nitrogens with one attached hydrogen (secondary N) is 2. The van der Waals surface area contributed by atoms with Gasteiger partial charge in [-0.15, -0.1) is 0 Å². The number of aryl methyl sites for hydroxylation is 2. The summed E-state index contributed by atoms with van der Waals surface area (Å²) < 4.78 is 18.7. The van der Waals surface area contributed by atoms with Gasteiger partial charge in [-0.25, -0.2) is 14.2 Å². The SMILES string of the molecule is CO[C@H](CF)CN(CCCCc1ccc2c(n1)NCCC2)CC[C@H](NC(=O)C1(c2ccccc2C#N)CC1)C(=O)O. The summed E-state index contributed by atoms with van der Waals surface area (Å²) in [5, 5.41) is 25.5. The fourth-order valence-electron chi connectivity index (χ4n) is 5.53. The summed E-state index contributed by atoms with van der Waals surface area (Å²) in [6, 6.07) is 12.2. The maximum atomic E-state index is 13.5. The number of unbranched alkanes of at least 4 members (excludes halogenated alkanes) is 1. The zero-order chi connectivity index (χ0) is 29.2. The van der Waals surface area contributed by atoms with Crippen molar-refractivity contribution in [1.82, 2.24) is 15.2 Å². The number of pyridine rings is 1. The molecule has 1 aromatic carbocycles. The molecule has 1 saturated carbocycles. The molecule has 2 atom stereocenters. The lowest BCUT2D eigenvalue weighted by Gasteiger charge is -2.27. The molecule has 2 heterocycles. The number of aliphatic carboxylic acids is 1. The number of alkyl halides is 1. The van der Waals surface area contributed by atoms with Crippen molar-refractivity contribution in [2.24, 2.45) is 0 Å². The number of rotatable bonds is 16. The number of nitrogens with zero attached hydrogens (tertiary/aromatic N) is 3. The number of fused-ring (bicyclic) bond motifs is 1. The zero-order valence-corrected chi connectivity index (χ0v) is 23.7. The molecule has 0 radical (unpaired) electrons. The molecule has 2 aliphatic rings. The Hall–Kier alpha value is -3.55. The molecule has 1 fully saturated rings. The van der Waals surface area contributed by atoms with Crippen molar-refractivity contribution in [2.75, 3.05) is 45.3 Å². The maximum Gasteiger partial charge on any atom is 0.326 e. The third kappa shape index (κ3) is 7.80. The van der Waals surface area contributed by atoms with E-state index in [-0.39, 0.29) is 12.3 Å². The van der Waals surface area contributed by atoms with Crippen LogP contribution in [0.5, 0.6) is 0 Å². The molecule has 1 aromatic heterocycles. The van der Waals surface area contributed by atoms with E-state index in [0.29, 0.717) is 43.6 Å². The van der Waals surface area contributed by atoms with Gasteiger partial charge in [0.25, 0.3) is 0 Å². The summed E-state index contributed by atoms with van der Waals surface area (Å²) in [5.74, 6) is -0.514. The van der Waals surface area contributed by atoms with Crippen LogP contribution in [-0.4, -0.2) is 79.0 Å². The monoisotopic (exact) mass is 565 g/mol. The second kappa shape index (κ2) is 14.4. The van der Waals surface area contributed by atoms with Crippen molar-refractivity contribution >= 4 is 17.7 Å². The van der Waals surface area contributed by atoms with Gasteiger partial charge < -0.3 is 25.4 Å². The molecule has 4 rings (SSSR count). The Kier molecular flexibility index (Phi) is 10.7. The molecule has 10 heteroatoms. The first-order chi connectivity index (χ1) is 19.9. The van der Waals surface area contributed by atoms with Gasteiger partial charge in [-0.2, -0.15) is 5.26 Å². The highest BCUT2D eigenvalue weighted by atomic mass is 19.1. The lowest BCUT2D eigenvalue weighted by atomic mass is 9.90. The van der Waals surface area contributed by atoms with Gasteiger partial charge in [-0.3, -0.25) is 4.79 Å². The number of amides is 1. The predicted octanol–water partition coefficient (Wildman–Crippen LogP) is 3.61. The maximum absolute atomic E-state index is 13.5. The molecule has 41 heavy (non-hydrogen) atoms. The minimum Gasteiger partial charge on any atom is -0.480 e. The van der Waals surface area contributed by atoms with E-state index in [1.807, 2.05) is 4.90 Å². The second-order valence-electron chi connectivity index (χ2n) is 11.0. The lowest BCUT2D eigenvalue weighted by Crippen LogP contribution is -2.47. The number of anilines is 1. The van der Waals surface area contributed by atoms with Crippen molar-refractivity contribution < 1.29 is 23.8 Å². The number of carbonyl (C=O) groups excluding carboxylic acids is 1. The third-order valence-electron chi connectivity index (χ3n) is 8.16. The quantitative estimate of drug-likeness (QED) is 0.264. The molecular formula is C31H40FN5O4. The van der Waals surface area contributed by atoms with Crippen LogP contribution in [-0.2, 0) is 32.6 Å². The fourth-order valence-corrected chi connectivity index (χ4v) is 5.53. The van der Waals surface area contributed by atoms with Gasteiger partial charge in [0.15, 0.2) is 0 Å². The highest BCUT2D eigenvalue weighted by Gasteiger charge is 2.53. The normalized spacial score (nSPS) is 16.6. The van der Waals surface area contributed by atoms with E-state index >= 15 is 0 Å². The number of carboxylic acids is 1. The number of nitriles is 1. The number of hydrogen-bond donors (Lipinski definition) is 3. The summed E-state index contributed by atoms with van der Waals surface area (Å²) in [4.78, 5) is 32.2. The highest BCUT2D eigenvalue weighted by Crippen LogP contribution is 2.49. The molecule has 0 saturated heterocycles. The van der Waals surface area contributed by atoms with E-state index in [2.05, 4.69) is 28.8 Å². The molecule has 0 unspecified atom stereocenters. The van der Waals surface area contributed by atoms with Crippen molar-refractivity contribution in [3.05, 3.63) is 58.8 Å². The Morgan fingerprint density at radius 1 is 1.24 bits per heavy atom. The average Bonchev–Trinajstić information content (AvgIpc) is 3.81. The van der Waals surface area contributed by atoms with Gasteiger partial charge in [-0.1, -0.05) is 24.3 Å². The Bertz CT molecular complexity index is 1240. The topological polar surface area (TPSA) is 128 Å². The number of ether oxygens (including phenoxy) is 1. The molecule has 3 N–H and O–H groups in total. The third-order valence-corrected chi connectivity index (χ3v) is 8.16. The lowest BCUT2D eigenvalue weighted by molar-refractivity contribution is -0.142. The Morgan fingerprint density at radius 3 is 2.76 bits per heavy atom. The number of halogens is 1. The zero-order valence-electron chi connectivity index (χ0n) is 23.7. The van der Waals surface area contributed by atoms with Crippen molar-refractivity contribution in [1.29, 1.82) is 5.26 Å². The number of carbonyl (C=O) groups is 2. The first kappa shape index (κ1) is 30.4. The summed E-state index contributed by atoms with van der Waals surface area (Å²) >= 11 is 0. The van der Waals surface area contributed by atoms with Crippen LogP contribution in [0.4, 0.5) is 10.2 Å². The molecule has 9 nitrogen and oxygen atoms in total. The van der Waals surface area contributed by atoms with Crippen LogP contribution in [0.15, 0.2) is 36.4 Å². The molecule has 2 aromatic rings. The Balaban J connectivity index is 1.33. The van der Waals surface area contributed by atoms with Crippen LogP contribution >= 0.6 is 0 Å². The van der Waals surface area contributed by atoms with Crippen LogP contribution in [0.2, 0.25) is 0 Å². The minimum atomic E-state index is -1.12. The molecular weight excluding hydrogens is 525 g/mol. The van der Waals surface area contributed by atoms with E-state index in [4.69, 9.17) is 9.72 Å². The standard InChI is InChI=1S/C31H40FN5O4/c1-41-25(19-32)21-37(17-5-4-9-24-12-11-22-8-6-16-34-28(22)35-24)18-13-27(29(38)39)36-30(40)31(14-15-31)26-10-3-2-7-23(26)20-33/h2-3,7,10-12,25,27H,4-6,8-9,13-19,21H2,1H3,(H,34,35)(H,36,40)(H,38,39)/t25-,27+/m1/s1. The van der Waals surface area contributed by atoms with Crippen LogP contribution in [0.3, 0.4) is 0 Å². The summed E-state index contributed by atoms with van der Waals surface area (Å²) in [5.41, 5.74) is 2.49. The van der Waals surface area contributed by atoms with E-state index in [1.54, 1.807) is 24.3 Å². The van der Waals surface area contributed by atoms with Crippen LogP contribution < -0.4 is 10.6 Å². The second-order valence-corrected chi connectivity index (χ2v) is 11.0. The summed E-state index contributed by atoms with van der Waals surface area (Å²) in [6.45, 7) is 1.63. The molecule has 1 aliphatic carbocycles. The van der Waals surface area contributed by atoms with E-state index in [9.17, 15) is 24.3 Å². The van der Waals surface area contributed by atoms with Crippen molar-refractivity contribution in [2.45, 2.75) is 68.9 Å². The van der Waals surface area contributed by atoms with E-state index in [1.165, 1.54) is 12.7 Å². The molecule has 1 aliphatic heterocycles. The molecule has 1 amide bonds. The highest BCUT2D eigenvalue weighted by molar-refractivity contribution is 5.94. The largest absolute Gasteiger partial charge is 0.480 e. The summed E-state index contributed by atoms with van der Waals surface area (Å²) in [7, 11) is 1.46. The number of benzene rings is 1. The number of aromatic nitrogens is 1. The fraction of sp³-hybridized carbons (Fsp3) is 0.548. The van der Waals surface area contributed by atoms with E-state index in [0.717, 1.165) is 50.2 Å². The first-order valence-electron chi connectivity index (χ1n) is 14.5. The average molecular weight is 566 g/mol. The van der Waals surface area contributed by atoms with Gasteiger partial charge >= 0.3 is 5.97 Å². The Morgan fingerprint density at radius 2 is 2.05 bits per heavy atom. The van der Waals surface area contributed by atoms with Gasteiger partial charge in [-0.05, 0) is 81.2 Å². The predicted molar refractivity (Wildman–Crippen MR) is 153 cm³/mol. The smallest absolute Gasteiger partial charge is 0.326 e. The molecule has 0 spiro atoms. The van der Waals surface area contributed by atoms with Crippen LogP contribution in [0.1, 0.15) is 60.9 Å². The van der Waals surface area contributed by atoms with Gasteiger partial charge in [0.2, 0.25) is 5.91 Å². The van der Waals surface area contributed by atoms with Crippen LogP contribution in [0.25, 0.3) is 0 Å². The number of methoxy groups -OCH3 is 1. The van der Waals surface area contributed by atoms with Gasteiger partial charge in [0.1, 0.15) is 18.5 Å². The first-order valence-corrected chi connectivity index (χ1v) is 14.5. The van der Waals surface area contributed by atoms with Crippen LogP contribution in [0, 0.1) is 11.3 Å². The van der Waals surface area contributed by atoms with Crippen molar-refractivity contribution in [3.8, 4) is 6.07 Å². The summed E-state index contributed by atoms with van der Waals surface area (Å²) in [6.07, 6.45) is 5.38. The Labute approximate surface area is 241 Å². The minimum absolute atomic E-state index is 0.165. The van der Waals surface area contributed by atoms with Crippen molar-refractivity contribution in [3.63, 3.8) is 0 Å². The van der Waals surface area contributed by atoms with E-state index < -0.39 is 30.2 Å². The number of carboxylic acid groups (broad SMARTS) is 1.